The zero-order chi connectivity index (χ0) is 17.0. The molecule has 1 aromatic heterocycles. The number of rotatable bonds is 4. The highest BCUT2D eigenvalue weighted by molar-refractivity contribution is 7.12. The lowest BCUT2D eigenvalue weighted by atomic mass is 9.95. The molecule has 0 unspecified atom stereocenters. The van der Waals surface area contributed by atoms with Crippen molar-refractivity contribution in [3.05, 3.63) is 40.6 Å². The second-order valence-electron chi connectivity index (χ2n) is 5.94. The van der Waals surface area contributed by atoms with Crippen LogP contribution in [0, 0.1) is 5.41 Å². The van der Waals surface area contributed by atoms with Crippen LogP contribution in [0.2, 0.25) is 0 Å². The number of esters is 1. The van der Waals surface area contributed by atoms with Gasteiger partial charge in [0.15, 0.2) is 10.6 Å². The molecule has 0 fully saturated rings. The van der Waals surface area contributed by atoms with Crippen LogP contribution >= 0.6 is 11.3 Å². The molecule has 1 N–H and O–H groups in total. The number of amides is 1. The predicted molar refractivity (Wildman–Crippen MR) is 90.3 cm³/mol. The summed E-state index contributed by atoms with van der Waals surface area (Å²) in [6.45, 7) is 5.56. The Morgan fingerprint density at radius 3 is 2.30 bits per heavy atom. The predicted octanol–water partition coefficient (Wildman–Crippen LogP) is 4.31. The standard InChI is InChI=1S/C17H19NO4S/c1-17(2,3)16(20)18-11-5-7-12(8-6-11)22-13-9-10-23-14(13)15(19)21-4/h5-10H,1-4H3,(H,18,20). The zero-order valence-corrected chi connectivity index (χ0v) is 14.3. The summed E-state index contributed by atoms with van der Waals surface area (Å²) in [5.41, 5.74) is 0.233. The van der Waals surface area contributed by atoms with Gasteiger partial charge in [-0.15, -0.1) is 11.3 Å². The van der Waals surface area contributed by atoms with Crippen LogP contribution < -0.4 is 10.1 Å². The summed E-state index contributed by atoms with van der Waals surface area (Å²) in [5.74, 6) is 0.539. The van der Waals surface area contributed by atoms with E-state index < -0.39 is 11.4 Å². The van der Waals surface area contributed by atoms with Crippen molar-refractivity contribution in [3.63, 3.8) is 0 Å². The molecule has 0 radical (unpaired) electrons. The van der Waals surface area contributed by atoms with Gasteiger partial charge in [-0.2, -0.15) is 0 Å². The third-order valence-corrected chi connectivity index (χ3v) is 3.90. The Kier molecular flexibility index (Phi) is 5.05. The molecule has 6 heteroatoms. The minimum atomic E-state index is -0.457. The highest BCUT2D eigenvalue weighted by Gasteiger charge is 2.21. The van der Waals surface area contributed by atoms with Gasteiger partial charge in [-0.05, 0) is 35.7 Å². The van der Waals surface area contributed by atoms with Gasteiger partial charge in [-0.1, -0.05) is 20.8 Å². The zero-order valence-electron chi connectivity index (χ0n) is 13.5. The van der Waals surface area contributed by atoms with E-state index in [4.69, 9.17) is 9.47 Å². The summed E-state index contributed by atoms with van der Waals surface area (Å²) in [7, 11) is 1.33. The second kappa shape index (κ2) is 6.83. The fourth-order valence-corrected chi connectivity index (χ4v) is 2.40. The quantitative estimate of drug-likeness (QED) is 0.847. The maximum atomic E-state index is 11.9. The molecule has 0 atom stereocenters. The average molecular weight is 333 g/mol. The van der Waals surface area contributed by atoms with Crippen LogP contribution in [0.15, 0.2) is 35.7 Å². The van der Waals surface area contributed by atoms with E-state index in [0.29, 0.717) is 22.1 Å². The Hall–Kier alpha value is -2.34. The van der Waals surface area contributed by atoms with Gasteiger partial charge < -0.3 is 14.8 Å². The number of benzene rings is 1. The van der Waals surface area contributed by atoms with Crippen LogP contribution in [-0.2, 0) is 9.53 Å². The van der Waals surface area contributed by atoms with Crippen molar-refractivity contribution in [2.75, 3.05) is 12.4 Å². The largest absolute Gasteiger partial charge is 0.465 e. The molecule has 2 rings (SSSR count). The number of anilines is 1. The monoisotopic (exact) mass is 333 g/mol. The number of nitrogens with one attached hydrogen (secondary N) is 1. The fraction of sp³-hybridized carbons (Fsp3) is 0.294. The lowest BCUT2D eigenvalue weighted by molar-refractivity contribution is -0.123. The molecule has 0 bridgehead atoms. The third-order valence-electron chi connectivity index (χ3n) is 3.02. The Morgan fingerprint density at radius 2 is 1.74 bits per heavy atom. The van der Waals surface area contributed by atoms with Gasteiger partial charge in [0.2, 0.25) is 5.91 Å². The summed E-state index contributed by atoms with van der Waals surface area (Å²) in [6, 6.07) is 8.69. The Balaban J connectivity index is 2.08. The minimum Gasteiger partial charge on any atom is -0.465 e. The maximum absolute atomic E-state index is 11.9. The molecule has 2 aromatic rings. The summed E-state index contributed by atoms with van der Waals surface area (Å²) < 4.78 is 10.4. The first kappa shape index (κ1) is 17.0. The maximum Gasteiger partial charge on any atom is 0.351 e. The Labute approximate surface area is 139 Å². The number of thiophene rings is 1. The Bertz CT molecular complexity index is 698. The molecule has 122 valence electrons. The van der Waals surface area contributed by atoms with Crippen LogP contribution in [-0.4, -0.2) is 19.0 Å². The molecular formula is C17H19NO4S. The lowest BCUT2D eigenvalue weighted by Gasteiger charge is -2.17. The van der Waals surface area contributed by atoms with Crippen molar-refractivity contribution in [2.45, 2.75) is 20.8 Å². The molecule has 0 aliphatic rings. The van der Waals surface area contributed by atoms with Crippen LogP contribution in [0.25, 0.3) is 0 Å². The first-order chi connectivity index (χ1) is 10.8. The van der Waals surface area contributed by atoms with Gasteiger partial charge in [0.1, 0.15) is 5.75 Å². The summed E-state index contributed by atoms with van der Waals surface area (Å²) >= 11 is 1.26. The topological polar surface area (TPSA) is 64.6 Å². The molecule has 5 nitrogen and oxygen atoms in total. The number of hydrogen-bond acceptors (Lipinski definition) is 5. The molecule has 1 aromatic carbocycles. The van der Waals surface area contributed by atoms with Crippen molar-refractivity contribution >= 4 is 28.9 Å². The van der Waals surface area contributed by atoms with Gasteiger partial charge in [0.25, 0.3) is 0 Å². The van der Waals surface area contributed by atoms with Crippen LogP contribution in [0.1, 0.15) is 30.4 Å². The SMILES string of the molecule is COC(=O)c1sccc1Oc1ccc(NC(=O)C(C)(C)C)cc1. The highest BCUT2D eigenvalue weighted by atomic mass is 32.1. The van der Waals surface area contributed by atoms with E-state index in [1.807, 2.05) is 20.8 Å². The van der Waals surface area contributed by atoms with Gasteiger partial charge in [0, 0.05) is 11.1 Å². The molecular weight excluding hydrogens is 314 g/mol. The number of ether oxygens (including phenoxy) is 2. The number of methoxy groups -OCH3 is 1. The first-order valence-corrected chi connectivity index (χ1v) is 7.94. The van der Waals surface area contributed by atoms with Crippen molar-refractivity contribution in [3.8, 4) is 11.5 Å². The van der Waals surface area contributed by atoms with Crippen molar-refractivity contribution in [2.24, 2.45) is 5.41 Å². The minimum absolute atomic E-state index is 0.0584. The van der Waals surface area contributed by atoms with Crippen LogP contribution in [0.5, 0.6) is 11.5 Å². The van der Waals surface area contributed by atoms with Crippen molar-refractivity contribution in [1.82, 2.24) is 0 Å². The molecule has 1 heterocycles. The van der Waals surface area contributed by atoms with Crippen molar-refractivity contribution in [1.29, 1.82) is 0 Å². The first-order valence-electron chi connectivity index (χ1n) is 7.06. The van der Waals surface area contributed by atoms with Gasteiger partial charge in [-0.3, -0.25) is 4.79 Å². The van der Waals surface area contributed by atoms with E-state index >= 15 is 0 Å². The normalized spacial score (nSPS) is 11.0. The van der Waals surface area contributed by atoms with E-state index in [0.717, 1.165) is 0 Å². The summed E-state index contributed by atoms with van der Waals surface area (Å²) in [5, 5.41) is 4.60. The molecule has 0 aliphatic heterocycles. The van der Waals surface area contributed by atoms with E-state index in [9.17, 15) is 9.59 Å². The number of carbonyl (C=O) groups is 2. The number of hydrogen-bond donors (Lipinski definition) is 1. The van der Waals surface area contributed by atoms with E-state index in [1.165, 1.54) is 18.4 Å². The van der Waals surface area contributed by atoms with Gasteiger partial charge in [0.05, 0.1) is 7.11 Å². The molecule has 23 heavy (non-hydrogen) atoms. The highest BCUT2D eigenvalue weighted by Crippen LogP contribution is 2.31. The van der Waals surface area contributed by atoms with E-state index in [-0.39, 0.29) is 5.91 Å². The van der Waals surface area contributed by atoms with Gasteiger partial charge in [-0.25, -0.2) is 4.79 Å². The molecule has 0 saturated heterocycles. The van der Waals surface area contributed by atoms with Gasteiger partial charge >= 0.3 is 5.97 Å². The summed E-state index contributed by atoms with van der Waals surface area (Å²) in [4.78, 5) is 24.0. The smallest absolute Gasteiger partial charge is 0.351 e. The second-order valence-corrected chi connectivity index (χ2v) is 6.85. The lowest BCUT2D eigenvalue weighted by Crippen LogP contribution is -2.27. The van der Waals surface area contributed by atoms with Crippen LogP contribution in [0.3, 0.4) is 0 Å². The molecule has 0 spiro atoms. The van der Waals surface area contributed by atoms with E-state index in [1.54, 1.807) is 35.7 Å². The van der Waals surface area contributed by atoms with Crippen LogP contribution in [0.4, 0.5) is 5.69 Å². The van der Waals surface area contributed by atoms with Crippen molar-refractivity contribution < 1.29 is 19.1 Å². The summed E-state index contributed by atoms with van der Waals surface area (Å²) in [6.07, 6.45) is 0. The Morgan fingerprint density at radius 1 is 1.09 bits per heavy atom. The fourth-order valence-electron chi connectivity index (χ4n) is 1.67. The number of carbonyl (C=O) groups excluding carboxylic acids is 2. The average Bonchev–Trinajstić information content (AvgIpc) is 2.95. The molecule has 0 saturated carbocycles. The third kappa shape index (κ3) is 4.32. The molecule has 0 aliphatic carbocycles. The van der Waals surface area contributed by atoms with E-state index in [2.05, 4.69) is 5.32 Å². The molecule has 1 amide bonds.